The van der Waals surface area contributed by atoms with E-state index in [-0.39, 0.29) is 24.2 Å². The van der Waals surface area contributed by atoms with Gasteiger partial charge >= 0.3 is 0 Å². The van der Waals surface area contributed by atoms with Crippen molar-refractivity contribution in [2.45, 2.75) is 39.7 Å². The van der Waals surface area contributed by atoms with Gasteiger partial charge in [-0.1, -0.05) is 13.8 Å². The molecule has 0 saturated carbocycles. The second-order valence-corrected chi connectivity index (χ2v) is 7.73. The summed E-state index contributed by atoms with van der Waals surface area (Å²) >= 11 is 0. The van der Waals surface area contributed by atoms with Crippen LogP contribution in [0.2, 0.25) is 0 Å². The summed E-state index contributed by atoms with van der Waals surface area (Å²) in [4.78, 5) is 2.32. The first-order chi connectivity index (χ1) is 8.48. The van der Waals surface area contributed by atoms with Crippen molar-refractivity contribution in [3.63, 3.8) is 0 Å². The lowest BCUT2D eigenvalue weighted by atomic mass is 9.97. The summed E-state index contributed by atoms with van der Waals surface area (Å²) in [6.07, 6.45) is 2.42. The van der Waals surface area contributed by atoms with Crippen molar-refractivity contribution >= 4 is 22.2 Å². The van der Waals surface area contributed by atoms with Gasteiger partial charge in [-0.05, 0) is 45.3 Å². The summed E-state index contributed by atoms with van der Waals surface area (Å²) < 4.78 is 23.4. The molecule has 1 aliphatic rings. The van der Waals surface area contributed by atoms with E-state index in [0.717, 1.165) is 32.1 Å². The minimum atomic E-state index is -2.87. The van der Waals surface area contributed by atoms with E-state index >= 15 is 0 Å². The molecule has 116 valence electrons. The summed E-state index contributed by atoms with van der Waals surface area (Å²) in [7, 11) is -2.87. The van der Waals surface area contributed by atoms with Gasteiger partial charge in [0, 0.05) is 18.3 Å². The quantitative estimate of drug-likeness (QED) is 0.775. The predicted octanol–water partition coefficient (Wildman–Crippen LogP) is 1.55. The lowest BCUT2D eigenvalue weighted by molar-refractivity contribution is 0.178. The average molecular weight is 313 g/mol. The van der Waals surface area contributed by atoms with E-state index in [0.29, 0.717) is 5.75 Å². The molecule has 0 bridgehead atoms. The molecule has 1 atom stereocenters. The van der Waals surface area contributed by atoms with E-state index in [1.54, 1.807) is 6.92 Å². The number of hydrogen-bond donors (Lipinski definition) is 1. The maximum Gasteiger partial charge on any atom is 0.151 e. The maximum absolute atomic E-state index is 11.7. The molecule has 1 N–H and O–H groups in total. The Morgan fingerprint density at radius 2 is 1.84 bits per heavy atom. The molecule has 0 aromatic heterocycles. The van der Waals surface area contributed by atoms with Gasteiger partial charge < -0.3 is 5.32 Å². The summed E-state index contributed by atoms with van der Waals surface area (Å²) in [6.45, 7) is 10.1. The Morgan fingerprint density at radius 3 is 2.32 bits per heavy atom. The Bertz CT molecular complexity index is 330. The molecule has 1 unspecified atom stereocenters. The molecule has 1 rings (SSSR count). The van der Waals surface area contributed by atoms with Gasteiger partial charge in [-0.25, -0.2) is 8.42 Å². The molecule has 19 heavy (non-hydrogen) atoms. The Balaban J connectivity index is 0.00000324. The SMILES string of the molecule is CCN(CC1CCNCC1)C(C)CS(=O)(=O)CC.Cl. The van der Waals surface area contributed by atoms with Crippen LogP contribution in [0.5, 0.6) is 0 Å². The van der Waals surface area contributed by atoms with Gasteiger partial charge in [0.2, 0.25) is 0 Å². The smallest absolute Gasteiger partial charge is 0.151 e. The van der Waals surface area contributed by atoms with Crippen LogP contribution in [0.4, 0.5) is 0 Å². The zero-order valence-corrected chi connectivity index (χ0v) is 14.0. The van der Waals surface area contributed by atoms with Crippen molar-refractivity contribution in [2.24, 2.45) is 5.92 Å². The molecule has 0 radical (unpaired) electrons. The zero-order valence-electron chi connectivity index (χ0n) is 12.4. The molecular formula is C13H29ClN2O2S. The van der Waals surface area contributed by atoms with E-state index in [4.69, 9.17) is 0 Å². The number of hydrogen-bond acceptors (Lipinski definition) is 4. The van der Waals surface area contributed by atoms with Gasteiger partial charge in [0.05, 0.1) is 5.75 Å². The van der Waals surface area contributed by atoms with Gasteiger partial charge in [0.15, 0.2) is 9.84 Å². The van der Waals surface area contributed by atoms with Crippen molar-refractivity contribution in [2.75, 3.05) is 37.7 Å². The van der Waals surface area contributed by atoms with Crippen LogP contribution >= 0.6 is 12.4 Å². The Morgan fingerprint density at radius 1 is 1.26 bits per heavy atom. The monoisotopic (exact) mass is 312 g/mol. The first kappa shape index (κ1) is 19.2. The molecule has 0 aromatic carbocycles. The van der Waals surface area contributed by atoms with Crippen LogP contribution in [-0.2, 0) is 9.84 Å². The summed E-state index contributed by atoms with van der Waals surface area (Å²) in [5.74, 6) is 1.27. The number of nitrogens with one attached hydrogen (secondary N) is 1. The standard InChI is InChI=1S/C13H28N2O2S.ClH/c1-4-15(10-13-6-8-14-9-7-13)12(3)11-18(16,17)5-2;/h12-14H,4-11H2,1-3H3;1H. The second-order valence-electron chi connectivity index (χ2n) is 5.33. The van der Waals surface area contributed by atoms with Crippen LogP contribution in [0, 0.1) is 5.92 Å². The number of rotatable bonds is 7. The highest BCUT2D eigenvalue weighted by molar-refractivity contribution is 7.91. The van der Waals surface area contributed by atoms with Gasteiger partial charge in [-0.3, -0.25) is 4.90 Å². The van der Waals surface area contributed by atoms with Crippen LogP contribution in [-0.4, -0.2) is 57.0 Å². The first-order valence-electron chi connectivity index (χ1n) is 7.13. The molecule has 1 aliphatic heterocycles. The molecule has 1 fully saturated rings. The zero-order chi connectivity index (χ0) is 13.6. The van der Waals surface area contributed by atoms with E-state index in [1.807, 2.05) is 6.92 Å². The molecule has 0 aromatic rings. The van der Waals surface area contributed by atoms with Crippen LogP contribution < -0.4 is 5.32 Å². The Hall–Kier alpha value is 0.160. The fourth-order valence-electron chi connectivity index (χ4n) is 2.61. The van der Waals surface area contributed by atoms with Crippen molar-refractivity contribution in [1.29, 1.82) is 0 Å². The van der Waals surface area contributed by atoms with Crippen LogP contribution in [0.3, 0.4) is 0 Å². The predicted molar refractivity (Wildman–Crippen MR) is 83.9 cm³/mol. The van der Waals surface area contributed by atoms with Crippen LogP contribution in [0.15, 0.2) is 0 Å². The Labute approximate surface area is 124 Å². The van der Waals surface area contributed by atoms with E-state index in [9.17, 15) is 8.42 Å². The van der Waals surface area contributed by atoms with E-state index in [2.05, 4.69) is 17.1 Å². The Kier molecular flexibility index (Phi) is 9.24. The normalized spacial score (nSPS) is 19.2. The third kappa shape index (κ3) is 6.93. The topological polar surface area (TPSA) is 49.4 Å². The van der Waals surface area contributed by atoms with Gasteiger partial charge in [-0.15, -0.1) is 12.4 Å². The molecule has 1 heterocycles. The maximum atomic E-state index is 11.7. The minimum Gasteiger partial charge on any atom is -0.317 e. The van der Waals surface area contributed by atoms with E-state index in [1.165, 1.54) is 12.8 Å². The summed E-state index contributed by atoms with van der Waals surface area (Å²) in [5, 5.41) is 3.37. The molecule has 1 saturated heterocycles. The summed E-state index contributed by atoms with van der Waals surface area (Å²) in [6, 6.07) is 0.134. The number of nitrogens with zero attached hydrogens (tertiary/aromatic N) is 1. The number of halogens is 1. The average Bonchev–Trinajstić information content (AvgIpc) is 2.36. The molecular weight excluding hydrogens is 284 g/mol. The summed E-state index contributed by atoms with van der Waals surface area (Å²) in [5.41, 5.74) is 0. The third-order valence-corrected chi connectivity index (χ3v) is 5.79. The lowest BCUT2D eigenvalue weighted by Gasteiger charge is -2.33. The largest absolute Gasteiger partial charge is 0.317 e. The molecule has 0 aliphatic carbocycles. The van der Waals surface area contributed by atoms with Gasteiger partial charge in [-0.2, -0.15) is 0 Å². The molecule has 0 spiro atoms. The molecule has 4 nitrogen and oxygen atoms in total. The van der Waals surface area contributed by atoms with Gasteiger partial charge in [0.1, 0.15) is 0 Å². The number of piperidine rings is 1. The fraction of sp³-hybridized carbons (Fsp3) is 1.00. The highest BCUT2D eigenvalue weighted by atomic mass is 35.5. The fourth-order valence-corrected chi connectivity index (χ4v) is 3.79. The van der Waals surface area contributed by atoms with Crippen molar-refractivity contribution < 1.29 is 8.42 Å². The second kappa shape index (κ2) is 9.16. The minimum absolute atomic E-state index is 0. The van der Waals surface area contributed by atoms with Gasteiger partial charge in [0.25, 0.3) is 0 Å². The number of sulfone groups is 1. The lowest BCUT2D eigenvalue weighted by Crippen LogP contribution is -2.43. The third-order valence-electron chi connectivity index (χ3n) is 3.92. The molecule has 0 amide bonds. The van der Waals surface area contributed by atoms with Crippen molar-refractivity contribution in [3.8, 4) is 0 Å². The first-order valence-corrected chi connectivity index (χ1v) is 8.95. The molecule has 6 heteroatoms. The van der Waals surface area contributed by atoms with Crippen molar-refractivity contribution in [3.05, 3.63) is 0 Å². The highest BCUT2D eigenvalue weighted by Gasteiger charge is 2.22. The van der Waals surface area contributed by atoms with Crippen LogP contribution in [0.1, 0.15) is 33.6 Å². The van der Waals surface area contributed by atoms with Crippen molar-refractivity contribution in [1.82, 2.24) is 10.2 Å². The van der Waals surface area contributed by atoms with E-state index < -0.39 is 9.84 Å². The highest BCUT2D eigenvalue weighted by Crippen LogP contribution is 2.15. The van der Waals surface area contributed by atoms with Crippen LogP contribution in [0.25, 0.3) is 0 Å².